The van der Waals surface area contributed by atoms with Crippen LogP contribution in [0.1, 0.15) is 32.8 Å². The molecule has 1 aliphatic rings. The van der Waals surface area contributed by atoms with Gasteiger partial charge in [0.2, 0.25) is 0 Å². The van der Waals surface area contributed by atoms with Gasteiger partial charge in [-0.25, -0.2) is 0 Å². The predicted octanol–water partition coefficient (Wildman–Crippen LogP) is 2.25. The Morgan fingerprint density at radius 2 is 2.17 bits per heavy atom. The van der Waals surface area contributed by atoms with Crippen molar-refractivity contribution < 1.29 is 4.74 Å². The van der Waals surface area contributed by atoms with Crippen molar-refractivity contribution in [1.82, 2.24) is 20.0 Å². The fourth-order valence-corrected chi connectivity index (χ4v) is 3.13. The minimum Gasteiger partial charge on any atom is -0.378 e. The molecule has 1 fully saturated rings. The third-order valence-corrected chi connectivity index (χ3v) is 5.33. The van der Waals surface area contributed by atoms with Gasteiger partial charge >= 0.3 is 0 Å². The molecule has 0 amide bonds. The molecule has 2 rings (SSSR count). The maximum atomic E-state index is 5.69. The second-order valence-electron chi connectivity index (χ2n) is 6.98. The Morgan fingerprint density at radius 1 is 1.52 bits per heavy atom. The van der Waals surface area contributed by atoms with Crippen molar-refractivity contribution in [1.29, 1.82) is 0 Å². The van der Waals surface area contributed by atoms with Crippen LogP contribution in [-0.4, -0.2) is 53.5 Å². The zero-order chi connectivity index (χ0) is 16.5. The van der Waals surface area contributed by atoms with E-state index in [1.807, 2.05) is 38.2 Å². The largest absolute Gasteiger partial charge is 0.378 e. The Labute approximate surface area is 156 Å². The lowest BCUT2D eigenvalue weighted by molar-refractivity contribution is -0.176. The summed E-state index contributed by atoms with van der Waals surface area (Å²) in [5, 5.41) is 7.79. The Bertz CT molecular complexity index is 556. The molecule has 2 unspecified atom stereocenters. The van der Waals surface area contributed by atoms with E-state index in [1.54, 1.807) is 7.11 Å². The lowest BCUT2D eigenvalue weighted by Gasteiger charge is -2.59. The molecule has 1 heterocycles. The summed E-state index contributed by atoms with van der Waals surface area (Å²) in [6, 6.07) is 0.354. The fraction of sp³-hybridized carbons (Fsp3) is 0.750. The standard InChI is InChI=1S/C16H29N5O.HI/c1-15(2)13(8-16(15,3)22-7)19-14(17-4)20(5)10-12-9-18-21(6)11-12;/h9,11,13H,8,10H2,1-7H3,(H,17,19);1H. The van der Waals surface area contributed by atoms with Crippen molar-refractivity contribution in [3.63, 3.8) is 0 Å². The molecular formula is C16H30IN5O. The molecular weight excluding hydrogens is 405 g/mol. The maximum Gasteiger partial charge on any atom is 0.193 e. The van der Waals surface area contributed by atoms with Crippen LogP contribution in [-0.2, 0) is 18.3 Å². The van der Waals surface area contributed by atoms with Gasteiger partial charge in [0.25, 0.3) is 0 Å². The minimum atomic E-state index is -0.0779. The van der Waals surface area contributed by atoms with Gasteiger partial charge in [-0.3, -0.25) is 9.67 Å². The van der Waals surface area contributed by atoms with Gasteiger partial charge in [-0.05, 0) is 13.3 Å². The number of methoxy groups -OCH3 is 1. The number of nitrogens with zero attached hydrogens (tertiary/aromatic N) is 4. The number of guanidine groups is 1. The number of nitrogens with one attached hydrogen (secondary N) is 1. The number of hydrogen-bond donors (Lipinski definition) is 1. The first-order valence-electron chi connectivity index (χ1n) is 7.70. The Morgan fingerprint density at radius 3 is 2.61 bits per heavy atom. The van der Waals surface area contributed by atoms with Gasteiger partial charge in [-0.15, -0.1) is 24.0 Å². The average Bonchev–Trinajstić information content (AvgIpc) is 2.87. The van der Waals surface area contributed by atoms with E-state index in [1.165, 1.54) is 5.56 Å². The predicted molar refractivity (Wildman–Crippen MR) is 104 cm³/mol. The van der Waals surface area contributed by atoms with Crippen molar-refractivity contribution in [2.75, 3.05) is 21.2 Å². The van der Waals surface area contributed by atoms with Gasteiger partial charge in [0.05, 0.1) is 11.8 Å². The molecule has 2 atom stereocenters. The van der Waals surface area contributed by atoms with E-state index in [0.717, 1.165) is 18.9 Å². The topological polar surface area (TPSA) is 54.7 Å². The summed E-state index contributed by atoms with van der Waals surface area (Å²) in [4.78, 5) is 6.54. The van der Waals surface area contributed by atoms with Crippen LogP contribution in [0, 0.1) is 5.41 Å². The van der Waals surface area contributed by atoms with Crippen LogP contribution in [0.5, 0.6) is 0 Å². The molecule has 0 saturated heterocycles. The summed E-state index contributed by atoms with van der Waals surface area (Å²) in [5.74, 6) is 0.903. The van der Waals surface area contributed by atoms with Crippen molar-refractivity contribution in [2.24, 2.45) is 17.5 Å². The third kappa shape index (κ3) is 3.81. The molecule has 0 spiro atoms. The van der Waals surface area contributed by atoms with E-state index in [0.29, 0.717) is 6.04 Å². The zero-order valence-corrected chi connectivity index (χ0v) is 17.6. The summed E-state index contributed by atoms with van der Waals surface area (Å²) >= 11 is 0. The molecule has 7 heteroatoms. The Hall–Kier alpha value is -0.830. The lowest BCUT2D eigenvalue weighted by atomic mass is 9.56. The molecule has 6 nitrogen and oxygen atoms in total. The Kier molecular flexibility index (Phi) is 6.48. The summed E-state index contributed by atoms with van der Waals surface area (Å²) in [7, 11) is 7.59. The van der Waals surface area contributed by atoms with Crippen molar-refractivity contribution >= 4 is 29.9 Å². The van der Waals surface area contributed by atoms with E-state index in [-0.39, 0.29) is 35.0 Å². The second-order valence-corrected chi connectivity index (χ2v) is 6.98. The van der Waals surface area contributed by atoms with Gasteiger partial charge < -0.3 is 15.0 Å². The molecule has 0 aliphatic heterocycles. The summed E-state index contributed by atoms with van der Waals surface area (Å²) in [6.45, 7) is 7.44. The fourth-order valence-electron chi connectivity index (χ4n) is 3.13. The van der Waals surface area contributed by atoms with Crippen LogP contribution >= 0.6 is 24.0 Å². The normalized spacial score (nSPS) is 26.2. The number of aliphatic imine (C=N–C) groups is 1. The highest BCUT2D eigenvalue weighted by atomic mass is 127. The van der Waals surface area contributed by atoms with Gasteiger partial charge in [-0.2, -0.15) is 5.10 Å². The van der Waals surface area contributed by atoms with Crippen LogP contribution in [0.25, 0.3) is 0 Å². The van der Waals surface area contributed by atoms with E-state index in [2.05, 4.69) is 41.1 Å². The minimum absolute atomic E-state index is 0. The maximum absolute atomic E-state index is 5.69. The second kappa shape index (κ2) is 7.38. The number of hydrogen-bond acceptors (Lipinski definition) is 3. The SMILES string of the molecule is CN=C(NC1CC(C)(OC)C1(C)C)N(C)Cc1cnn(C)c1.I. The van der Waals surface area contributed by atoms with Crippen molar-refractivity contribution in [3.8, 4) is 0 Å². The summed E-state index contributed by atoms with van der Waals surface area (Å²) < 4.78 is 7.51. The van der Waals surface area contributed by atoms with Gasteiger partial charge in [0, 0.05) is 58.0 Å². The highest BCUT2D eigenvalue weighted by molar-refractivity contribution is 14.0. The monoisotopic (exact) mass is 435 g/mol. The zero-order valence-electron chi connectivity index (χ0n) is 15.3. The molecule has 23 heavy (non-hydrogen) atoms. The van der Waals surface area contributed by atoms with E-state index < -0.39 is 0 Å². The molecule has 1 aromatic rings. The number of ether oxygens (including phenoxy) is 1. The first-order valence-corrected chi connectivity index (χ1v) is 7.70. The van der Waals surface area contributed by atoms with Crippen molar-refractivity contribution in [2.45, 2.75) is 45.4 Å². The average molecular weight is 435 g/mol. The number of aromatic nitrogens is 2. The quantitative estimate of drug-likeness (QED) is 0.448. The first kappa shape index (κ1) is 20.2. The molecule has 1 aliphatic carbocycles. The lowest BCUT2D eigenvalue weighted by Crippen LogP contribution is -2.69. The summed E-state index contributed by atoms with van der Waals surface area (Å²) in [6.07, 6.45) is 4.90. The van der Waals surface area contributed by atoms with Crippen LogP contribution in [0.2, 0.25) is 0 Å². The summed E-state index contributed by atoms with van der Waals surface area (Å²) in [5.41, 5.74) is 1.15. The Balaban J connectivity index is 0.00000264. The molecule has 1 aromatic heterocycles. The molecule has 0 bridgehead atoms. The molecule has 0 aromatic carbocycles. The van der Waals surface area contributed by atoms with Crippen LogP contribution in [0.15, 0.2) is 17.4 Å². The molecule has 1 saturated carbocycles. The first-order chi connectivity index (χ1) is 10.2. The van der Waals surface area contributed by atoms with Crippen LogP contribution < -0.4 is 5.32 Å². The van der Waals surface area contributed by atoms with E-state index in [4.69, 9.17) is 4.74 Å². The molecule has 1 N–H and O–H groups in total. The van der Waals surface area contributed by atoms with Gasteiger partial charge in [0.1, 0.15) is 0 Å². The smallest absolute Gasteiger partial charge is 0.193 e. The number of aryl methyl sites for hydroxylation is 1. The molecule has 0 radical (unpaired) electrons. The number of rotatable bonds is 4. The van der Waals surface area contributed by atoms with Crippen LogP contribution in [0.4, 0.5) is 0 Å². The third-order valence-electron chi connectivity index (χ3n) is 5.33. The van der Waals surface area contributed by atoms with Gasteiger partial charge in [-0.1, -0.05) is 13.8 Å². The van der Waals surface area contributed by atoms with Gasteiger partial charge in [0.15, 0.2) is 5.96 Å². The van der Waals surface area contributed by atoms with Crippen LogP contribution in [0.3, 0.4) is 0 Å². The highest BCUT2D eigenvalue weighted by Gasteiger charge is 2.58. The highest BCUT2D eigenvalue weighted by Crippen LogP contribution is 2.51. The molecule has 132 valence electrons. The van der Waals surface area contributed by atoms with E-state index in [9.17, 15) is 0 Å². The van der Waals surface area contributed by atoms with Crippen molar-refractivity contribution in [3.05, 3.63) is 18.0 Å². The van der Waals surface area contributed by atoms with E-state index >= 15 is 0 Å². The number of halogens is 1.